The van der Waals surface area contributed by atoms with E-state index in [0.29, 0.717) is 6.07 Å². The molecule has 2 fully saturated rings. The Labute approximate surface area is 189 Å². The normalized spacial score (nSPS) is 27.4. The van der Waals surface area contributed by atoms with Gasteiger partial charge in [-0.2, -0.15) is 0 Å². The van der Waals surface area contributed by atoms with Crippen LogP contribution in [0.25, 0.3) is 0 Å². The Morgan fingerprint density at radius 2 is 1.85 bits per heavy atom. The molecule has 4 rings (SSSR count). The summed E-state index contributed by atoms with van der Waals surface area (Å²) in [6, 6.07) is 4.09. The van der Waals surface area contributed by atoms with Crippen LogP contribution in [0.15, 0.2) is 30.5 Å². The molecular weight excluding hydrogens is 459 g/mol. The lowest BCUT2D eigenvalue weighted by molar-refractivity contribution is -0.0919. The number of fused-ring (bicyclic) bond motifs is 1. The van der Waals surface area contributed by atoms with E-state index in [1.807, 2.05) is 0 Å². The molecule has 1 aromatic heterocycles. The molecule has 2 N–H and O–H groups in total. The molecule has 0 bridgehead atoms. The zero-order chi connectivity index (χ0) is 24.4. The lowest BCUT2D eigenvalue weighted by Crippen LogP contribution is -2.74. The number of nitrogens with one attached hydrogen (secondary N) is 2. The van der Waals surface area contributed by atoms with Crippen LogP contribution in [-0.2, 0) is 20.1 Å². The molecule has 0 amide bonds. The summed E-state index contributed by atoms with van der Waals surface area (Å²) in [5.74, 6) is -3.56. The van der Waals surface area contributed by atoms with E-state index in [4.69, 9.17) is 14.9 Å². The molecule has 2 aliphatic heterocycles. The Morgan fingerprint density at radius 3 is 2.52 bits per heavy atom. The molecule has 7 nitrogen and oxygen atoms in total. The van der Waals surface area contributed by atoms with Gasteiger partial charge in [-0.25, -0.2) is 26.6 Å². The van der Waals surface area contributed by atoms with Crippen molar-refractivity contribution in [2.45, 2.75) is 55.3 Å². The zero-order valence-electron chi connectivity index (χ0n) is 18.5. The second-order valence-electron chi connectivity index (χ2n) is 9.45. The summed E-state index contributed by atoms with van der Waals surface area (Å²) in [7, 11) is -3.98. The van der Waals surface area contributed by atoms with E-state index in [1.165, 1.54) is 26.0 Å². The van der Waals surface area contributed by atoms with Crippen molar-refractivity contribution in [1.82, 2.24) is 10.3 Å². The number of sulfone groups is 1. The maximum absolute atomic E-state index is 15.2. The highest BCUT2D eigenvalue weighted by atomic mass is 32.2. The van der Waals surface area contributed by atoms with Crippen molar-refractivity contribution in [3.05, 3.63) is 53.5 Å². The van der Waals surface area contributed by atoms with E-state index in [9.17, 15) is 17.2 Å². The van der Waals surface area contributed by atoms with Gasteiger partial charge in [-0.05, 0) is 52.3 Å². The van der Waals surface area contributed by atoms with E-state index in [2.05, 4.69) is 10.3 Å². The Kier molecular flexibility index (Phi) is 5.29. The van der Waals surface area contributed by atoms with Crippen molar-refractivity contribution in [3.63, 3.8) is 0 Å². The first-order valence-corrected chi connectivity index (χ1v) is 11.8. The number of amidine groups is 1. The fourth-order valence-electron chi connectivity index (χ4n) is 4.26. The van der Waals surface area contributed by atoms with Crippen molar-refractivity contribution in [2.24, 2.45) is 0 Å². The summed E-state index contributed by atoms with van der Waals surface area (Å²) in [5.41, 5.74) is -2.52. The van der Waals surface area contributed by atoms with Crippen LogP contribution in [0.5, 0.6) is 11.6 Å². The molecule has 0 aliphatic carbocycles. The first kappa shape index (κ1) is 23.5. The topological polar surface area (TPSA) is 101 Å². The number of rotatable bonds is 3. The molecule has 2 aromatic rings. The van der Waals surface area contributed by atoms with Crippen LogP contribution >= 0.6 is 0 Å². The van der Waals surface area contributed by atoms with Gasteiger partial charge in [-0.3, -0.25) is 5.41 Å². The highest BCUT2D eigenvalue weighted by Gasteiger charge is 2.63. The molecule has 33 heavy (non-hydrogen) atoms. The van der Waals surface area contributed by atoms with Gasteiger partial charge in [0, 0.05) is 11.6 Å². The minimum Gasteiger partial charge on any atom is -0.436 e. The van der Waals surface area contributed by atoms with Crippen LogP contribution in [0, 0.1) is 22.9 Å². The first-order valence-electron chi connectivity index (χ1n) is 10.2. The number of benzene rings is 1. The van der Waals surface area contributed by atoms with Gasteiger partial charge in [0.25, 0.3) is 5.88 Å². The summed E-state index contributed by atoms with van der Waals surface area (Å²) in [6.07, 6.45) is 0.824. The highest BCUT2D eigenvalue weighted by Crippen LogP contribution is 2.48. The summed E-state index contributed by atoms with van der Waals surface area (Å²) >= 11 is 0. The smallest absolute Gasteiger partial charge is 0.256 e. The standard InChI is InChI=1S/C22H24F3N3O4S/c1-20(2)9-17-22(11-31-20,28-19(26)21(3,4)33(17,29)30)14-8-13(5-6-15(14)24)32-18-16(25)7-12(23)10-27-18/h5-8,10,17H,9,11H2,1-4H3,(H2,26,28)/t17-,22-/m1/s1. The predicted molar refractivity (Wildman–Crippen MR) is 115 cm³/mol. The van der Waals surface area contributed by atoms with Crippen molar-refractivity contribution in [1.29, 1.82) is 5.41 Å². The number of aromatic nitrogens is 1. The molecule has 0 radical (unpaired) electrons. The molecule has 0 saturated carbocycles. The molecule has 178 valence electrons. The summed E-state index contributed by atoms with van der Waals surface area (Å²) in [5, 5.41) is 10.2. The maximum Gasteiger partial charge on any atom is 0.256 e. The SMILES string of the molecule is CC1(C)C[C@@H]2[C@](c3cc(Oc4ncc(F)cc4F)ccc3F)(CO1)NC(=N)C(C)(C)S2(=O)=O. The van der Waals surface area contributed by atoms with Crippen LogP contribution in [0.4, 0.5) is 13.2 Å². The van der Waals surface area contributed by atoms with Crippen molar-refractivity contribution >= 4 is 15.7 Å². The van der Waals surface area contributed by atoms with Crippen LogP contribution in [-0.4, -0.2) is 41.4 Å². The largest absolute Gasteiger partial charge is 0.436 e. The Balaban J connectivity index is 1.85. The third-order valence-corrected chi connectivity index (χ3v) is 9.31. The summed E-state index contributed by atoms with van der Waals surface area (Å²) in [6.45, 7) is 6.13. The van der Waals surface area contributed by atoms with Gasteiger partial charge in [0.15, 0.2) is 15.7 Å². The molecule has 11 heteroatoms. The van der Waals surface area contributed by atoms with Gasteiger partial charge < -0.3 is 14.8 Å². The predicted octanol–water partition coefficient (Wildman–Crippen LogP) is 3.83. The van der Waals surface area contributed by atoms with E-state index in [-0.39, 0.29) is 30.2 Å². The minimum atomic E-state index is -3.98. The van der Waals surface area contributed by atoms with E-state index >= 15 is 4.39 Å². The highest BCUT2D eigenvalue weighted by molar-refractivity contribution is 7.94. The number of pyridine rings is 1. The van der Waals surface area contributed by atoms with Crippen molar-refractivity contribution < 1.29 is 31.1 Å². The Hall–Kier alpha value is -2.66. The minimum absolute atomic E-state index is 0.0436. The van der Waals surface area contributed by atoms with Gasteiger partial charge in [0.1, 0.15) is 33.5 Å². The Morgan fingerprint density at radius 1 is 1.15 bits per heavy atom. The van der Waals surface area contributed by atoms with E-state index in [0.717, 1.165) is 12.3 Å². The fourth-order valence-corrected chi connectivity index (χ4v) is 6.71. The molecular formula is C22H24F3N3O4S. The number of hydrogen-bond donors (Lipinski definition) is 2. The van der Waals surface area contributed by atoms with Gasteiger partial charge in [-0.1, -0.05) is 0 Å². The molecule has 1 aromatic carbocycles. The number of halogens is 3. The van der Waals surface area contributed by atoms with Gasteiger partial charge >= 0.3 is 0 Å². The summed E-state index contributed by atoms with van der Waals surface area (Å²) in [4.78, 5) is 3.55. The quantitative estimate of drug-likeness (QED) is 0.688. The number of nitrogens with zero attached hydrogens (tertiary/aromatic N) is 1. The average molecular weight is 484 g/mol. The lowest BCUT2D eigenvalue weighted by atomic mass is 9.78. The molecule has 2 saturated heterocycles. The molecule has 2 aliphatic rings. The van der Waals surface area contributed by atoms with E-state index < -0.39 is 54.3 Å². The van der Waals surface area contributed by atoms with Gasteiger partial charge in [-0.15, -0.1) is 0 Å². The third kappa shape index (κ3) is 3.67. The lowest BCUT2D eigenvalue weighted by Gasteiger charge is -2.55. The van der Waals surface area contributed by atoms with Crippen molar-refractivity contribution in [3.8, 4) is 11.6 Å². The fraction of sp³-hybridized carbons (Fsp3) is 0.455. The molecule has 2 atom stereocenters. The average Bonchev–Trinajstić information content (AvgIpc) is 2.71. The second kappa shape index (κ2) is 7.42. The molecule has 0 unspecified atom stereocenters. The van der Waals surface area contributed by atoms with Crippen LogP contribution in [0.3, 0.4) is 0 Å². The monoisotopic (exact) mass is 483 g/mol. The second-order valence-corrected chi connectivity index (χ2v) is 12.1. The summed E-state index contributed by atoms with van der Waals surface area (Å²) < 4.78 is 79.4. The van der Waals surface area contributed by atoms with Gasteiger partial charge in [0.2, 0.25) is 0 Å². The third-order valence-electron chi connectivity index (χ3n) is 6.36. The maximum atomic E-state index is 15.2. The first-order chi connectivity index (χ1) is 15.2. The zero-order valence-corrected chi connectivity index (χ0v) is 19.3. The van der Waals surface area contributed by atoms with Gasteiger partial charge in [0.05, 0.1) is 23.7 Å². The van der Waals surface area contributed by atoms with Crippen LogP contribution < -0.4 is 10.1 Å². The van der Waals surface area contributed by atoms with Crippen molar-refractivity contribution in [2.75, 3.05) is 6.61 Å². The van der Waals surface area contributed by atoms with Crippen LogP contribution in [0.2, 0.25) is 0 Å². The Bertz CT molecular complexity index is 1250. The van der Waals surface area contributed by atoms with Crippen LogP contribution in [0.1, 0.15) is 39.7 Å². The molecule has 3 heterocycles. The van der Waals surface area contributed by atoms with E-state index in [1.54, 1.807) is 13.8 Å². The molecule has 0 spiro atoms. The number of hydrogen-bond acceptors (Lipinski definition) is 6. The number of ether oxygens (including phenoxy) is 2.